The number of amides is 1. The van der Waals surface area contributed by atoms with Gasteiger partial charge in [0.25, 0.3) is 11.3 Å². The number of carbonyl (C=O) groups is 2. The molecule has 1 heterocycles. The van der Waals surface area contributed by atoms with Gasteiger partial charge in [-0.1, -0.05) is 78.9 Å². The molecule has 8 heteroatoms. The Kier molecular flexibility index (Phi) is 5.93. The number of hydrogen-bond acceptors (Lipinski definition) is 5. The first-order valence-corrected chi connectivity index (χ1v) is 12.0. The molecule has 1 saturated heterocycles. The van der Waals surface area contributed by atoms with Gasteiger partial charge in [-0.25, -0.2) is 13.8 Å². The van der Waals surface area contributed by atoms with Crippen LogP contribution in [0.25, 0.3) is 11.1 Å². The fraction of sp³-hybridized carbons (Fsp3) is 0.231. The first-order chi connectivity index (χ1) is 16.5. The molecule has 1 N–H and O–H groups in total. The molecular formula is C26H23NO6S. The Labute approximate surface area is 199 Å². The Balaban J connectivity index is 1.43. The summed E-state index contributed by atoms with van der Waals surface area (Å²) in [6.07, 6.45) is -0.992. The molecule has 0 radical (unpaired) electrons. The molecule has 1 aliphatic heterocycles. The SMILES string of the molecule is O=C(OCC1c2ccccc2-c2ccccc21)N1S(=O)OCC[C@@]1(Cc1ccccc1)C(=O)O. The molecule has 7 nitrogen and oxygen atoms in total. The lowest BCUT2D eigenvalue weighted by Gasteiger charge is -2.41. The average molecular weight is 478 g/mol. The van der Waals surface area contributed by atoms with Crippen LogP contribution in [0.5, 0.6) is 0 Å². The number of hydrogen-bond donors (Lipinski definition) is 1. The van der Waals surface area contributed by atoms with Crippen molar-refractivity contribution in [1.29, 1.82) is 0 Å². The van der Waals surface area contributed by atoms with E-state index >= 15 is 0 Å². The van der Waals surface area contributed by atoms with Crippen molar-refractivity contribution in [1.82, 2.24) is 4.31 Å². The van der Waals surface area contributed by atoms with Crippen molar-refractivity contribution in [2.75, 3.05) is 13.2 Å². The second-order valence-corrected chi connectivity index (χ2v) is 9.42. The number of carboxylic acids is 1. The Morgan fingerprint density at radius 1 is 0.971 bits per heavy atom. The van der Waals surface area contributed by atoms with Gasteiger partial charge in [-0.3, -0.25) is 4.18 Å². The molecule has 1 amide bonds. The molecule has 5 rings (SSSR count). The van der Waals surface area contributed by atoms with Crippen LogP contribution in [-0.2, 0) is 31.4 Å². The molecule has 0 aromatic heterocycles. The summed E-state index contributed by atoms with van der Waals surface area (Å²) in [5, 5.41) is 10.2. The molecule has 1 aliphatic carbocycles. The van der Waals surface area contributed by atoms with Crippen LogP contribution in [0.4, 0.5) is 4.79 Å². The summed E-state index contributed by atoms with van der Waals surface area (Å²) < 4.78 is 24.4. The van der Waals surface area contributed by atoms with Crippen molar-refractivity contribution in [3.8, 4) is 11.1 Å². The Hall–Kier alpha value is -3.49. The van der Waals surface area contributed by atoms with Crippen LogP contribution in [-0.4, -0.2) is 44.4 Å². The van der Waals surface area contributed by atoms with E-state index < -0.39 is 28.9 Å². The monoisotopic (exact) mass is 477 g/mol. The molecule has 2 aliphatic rings. The first-order valence-electron chi connectivity index (χ1n) is 11.0. The number of carbonyl (C=O) groups excluding carboxylic acids is 1. The minimum atomic E-state index is -2.29. The molecule has 1 unspecified atom stereocenters. The van der Waals surface area contributed by atoms with Gasteiger partial charge in [0.2, 0.25) is 0 Å². The largest absolute Gasteiger partial charge is 0.479 e. The van der Waals surface area contributed by atoms with Crippen LogP contribution in [0, 0.1) is 0 Å². The fourth-order valence-electron chi connectivity index (χ4n) is 4.83. The van der Waals surface area contributed by atoms with Crippen molar-refractivity contribution in [3.05, 3.63) is 95.6 Å². The second-order valence-electron chi connectivity index (χ2n) is 8.39. The van der Waals surface area contributed by atoms with E-state index in [0.29, 0.717) is 5.56 Å². The van der Waals surface area contributed by atoms with Crippen molar-refractivity contribution in [2.24, 2.45) is 0 Å². The van der Waals surface area contributed by atoms with Crippen molar-refractivity contribution in [2.45, 2.75) is 24.3 Å². The highest BCUT2D eigenvalue weighted by Crippen LogP contribution is 2.44. The van der Waals surface area contributed by atoms with Gasteiger partial charge in [-0.2, -0.15) is 4.31 Å². The number of aliphatic carboxylic acids is 1. The maximum atomic E-state index is 13.3. The summed E-state index contributed by atoms with van der Waals surface area (Å²) in [6, 6.07) is 24.8. The normalized spacial score (nSPS) is 21.5. The molecular weight excluding hydrogens is 454 g/mol. The maximum Gasteiger partial charge on any atom is 0.424 e. The lowest BCUT2D eigenvalue weighted by molar-refractivity contribution is -0.149. The topological polar surface area (TPSA) is 93.1 Å². The Morgan fingerprint density at radius 2 is 1.56 bits per heavy atom. The van der Waals surface area contributed by atoms with E-state index in [4.69, 9.17) is 8.92 Å². The van der Waals surface area contributed by atoms with Crippen LogP contribution in [0.15, 0.2) is 78.9 Å². The molecule has 0 saturated carbocycles. The summed E-state index contributed by atoms with van der Waals surface area (Å²) in [5.74, 6) is -1.45. The van der Waals surface area contributed by atoms with Gasteiger partial charge in [0.1, 0.15) is 6.61 Å². The maximum absolute atomic E-state index is 13.3. The van der Waals surface area contributed by atoms with Gasteiger partial charge in [0, 0.05) is 18.8 Å². The zero-order valence-electron chi connectivity index (χ0n) is 18.3. The zero-order chi connectivity index (χ0) is 23.7. The van der Waals surface area contributed by atoms with Gasteiger partial charge in [-0.05, 0) is 27.8 Å². The van der Waals surface area contributed by atoms with E-state index in [1.807, 2.05) is 54.6 Å². The van der Waals surface area contributed by atoms with Crippen LogP contribution in [0.2, 0.25) is 0 Å². The number of nitrogens with zero attached hydrogens (tertiary/aromatic N) is 1. The molecule has 3 aromatic carbocycles. The predicted octanol–water partition coefficient (Wildman–Crippen LogP) is 4.30. The van der Waals surface area contributed by atoms with Crippen LogP contribution < -0.4 is 0 Å². The molecule has 34 heavy (non-hydrogen) atoms. The van der Waals surface area contributed by atoms with E-state index in [1.54, 1.807) is 24.3 Å². The van der Waals surface area contributed by atoms with Gasteiger partial charge in [-0.15, -0.1) is 0 Å². The zero-order valence-corrected chi connectivity index (χ0v) is 19.1. The number of carboxylic acid groups (broad SMARTS) is 1. The third-order valence-corrected chi connectivity index (χ3v) is 7.64. The van der Waals surface area contributed by atoms with Crippen LogP contribution >= 0.6 is 0 Å². The summed E-state index contributed by atoms with van der Waals surface area (Å²) in [6.45, 7) is -0.0551. The molecule has 1 fully saturated rings. The smallest absolute Gasteiger partial charge is 0.424 e. The minimum absolute atomic E-state index is 0.00678. The number of fused-ring (bicyclic) bond motifs is 3. The summed E-state index contributed by atoms with van der Waals surface area (Å²) in [4.78, 5) is 25.8. The van der Waals surface area contributed by atoms with E-state index in [-0.39, 0.29) is 32.0 Å². The summed E-state index contributed by atoms with van der Waals surface area (Å²) in [5.41, 5.74) is 3.18. The quantitative estimate of drug-likeness (QED) is 0.589. The highest BCUT2D eigenvalue weighted by molar-refractivity contribution is 7.78. The van der Waals surface area contributed by atoms with E-state index in [2.05, 4.69) is 0 Å². The fourth-order valence-corrected chi connectivity index (χ4v) is 5.86. The van der Waals surface area contributed by atoms with Gasteiger partial charge in [0.15, 0.2) is 5.54 Å². The van der Waals surface area contributed by atoms with Gasteiger partial charge < -0.3 is 9.84 Å². The number of ether oxygens (including phenoxy) is 1. The lowest BCUT2D eigenvalue weighted by atomic mass is 9.87. The molecule has 0 spiro atoms. The summed E-state index contributed by atoms with van der Waals surface area (Å²) in [7, 11) is 0. The second kappa shape index (κ2) is 9.04. The highest BCUT2D eigenvalue weighted by atomic mass is 32.2. The summed E-state index contributed by atoms with van der Waals surface area (Å²) >= 11 is -2.29. The van der Waals surface area contributed by atoms with Crippen molar-refractivity contribution < 1.29 is 27.8 Å². The lowest BCUT2D eigenvalue weighted by Crippen LogP contribution is -2.62. The first kappa shape index (κ1) is 22.3. The Bertz CT molecular complexity index is 1220. The Morgan fingerprint density at radius 3 is 2.18 bits per heavy atom. The van der Waals surface area contributed by atoms with E-state index in [0.717, 1.165) is 26.6 Å². The van der Waals surface area contributed by atoms with E-state index in [9.17, 15) is 18.9 Å². The molecule has 3 aromatic rings. The van der Waals surface area contributed by atoms with Crippen molar-refractivity contribution >= 4 is 23.3 Å². The standard InChI is InChI=1S/C26H23NO6S/c28-24(29)26(16-18-8-2-1-3-9-18)14-15-33-34(31)27(26)25(30)32-17-23-21-12-6-4-10-19(21)20-11-5-7-13-22(20)23/h1-13,23H,14-17H2,(H,28,29)/t26-,34?/m1/s1. The minimum Gasteiger partial charge on any atom is -0.479 e. The predicted molar refractivity (Wildman–Crippen MR) is 126 cm³/mol. The third kappa shape index (κ3) is 3.78. The molecule has 2 atom stereocenters. The third-order valence-electron chi connectivity index (χ3n) is 6.48. The average Bonchev–Trinajstić information content (AvgIpc) is 3.17. The molecule has 0 bridgehead atoms. The number of rotatable bonds is 5. The number of benzene rings is 3. The highest BCUT2D eigenvalue weighted by Gasteiger charge is 2.54. The van der Waals surface area contributed by atoms with Crippen LogP contribution in [0.3, 0.4) is 0 Å². The van der Waals surface area contributed by atoms with E-state index in [1.165, 1.54) is 0 Å². The van der Waals surface area contributed by atoms with Gasteiger partial charge >= 0.3 is 12.1 Å². The van der Waals surface area contributed by atoms with Crippen LogP contribution in [0.1, 0.15) is 29.0 Å². The van der Waals surface area contributed by atoms with Crippen molar-refractivity contribution in [3.63, 3.8) is 0 Å². The molecule has 174 valence electrons. The van der Waals surface area contributed by atoms with Gasteiger partial charge in [0.05, 0.1) is 6.61 Å².